The lowest BCUT2D eigenvalue weighted by Gasteiger charge is -2.11. The third-order valence-electron chi connectivity index (χ3n) is 2.97. The van der Waals surface area contributed by atoms with Crippen LogP contribution in [-0.2, 0) is 6.54 Å². The molecule has 1 aromatic heterocycles. The molecule has 0 saturated carbocycles. The maximum Gasteiger partial charge on any atom is 0.313 e. The van der Waals surface area contributed by atoms with Crippen LogP contribution in [0.2, 0.25) is 0 Å². The molecular formula is C15H18FN3O2. The van der Waals surface area contributed by atoms with Crippen LogP contribution in [0.3, 0.4) is 0 Å². The number of hydrogen-bond acceptors (Lipinski definition) is 4. The van der Waals surface area contributed by atoms with Crippen LogP contribution in [0.15, 0.2) is 29.3 Å². The number of nitrogens with zero attached hydrogens (tertiary/aromatic N) is 2. The zero-order valence-corrected chi connectivity index (χ0v) is 12.3. The number of anilines is 1. The van der Waals surface area contributed by atoms with Gasteiger partial charge in [0.2, 0.25) is 0 Å². The summed E-state index contributed by atoms with van der Waals surface area (Å²) >= 11 is 0. The van der Waals surface area contributed by atoms with Crippen molar-refractivity contribution < 1.29 is 9.13 Å². The second-order valence-electron chi connectivity index (χ2n) is 5.33. The zero-order chi connectivity index (χ0) is 15.6. The van der Waals surface area contributed by atoms with E-state index in [1.165, 1.54) is 22.9 Å². The van der Waals surface area contributed by atoms with Crippen molar-refractivity contribution in [1.29, 1.82) is 0 Å². The van der Waals surface area contributed by atoms with Crippen LogP contribution in [-0.4, -0.2) is 9.55 Å². The van der Waals surface area contributed by atoms with Gasteiger partial charge in [0.25, 0.3) is 5.88 Å². The van der Waals surface area contributed by atoms with Gasteiger partial charge < -0.3 is 15.0 Å². The molecule has 0 spiro atoms. The van der Waals surface area contributed by atoms with Gasteiger partial charge in [-0.25, -0.2) is 9.37 Å². The second-order valence-corrected chi connectivity index (χ2v) is 5.33. The minimum atomic E-state index is -0.626. The van der Waals surface area contributed by atoms with E-state index in [-0.39, 0.29) is 17.2 Å². The van der Waals surface area contributed by atoms with Crippen molar-refractivity contribution in [2.45, 2.75) is 27.3 Å². The molecule has 0 aliphatic rings. The molecule has 0 bridgehead atoms. The predicted molar refractivity (Wildman–Crippen MR) is 79.0 cm³/mol. The Morgan fingerprint density at radius 3 is 2.81 bits per heavy atom. The van der Waals surface area contributed by atoms with Gasteiger partial charge in [-0.1, -0.05) is 13.8 Å². The van der Waals surface area contributed by atoms with E-state index < -0.39 is 5.82 Å². The highest BCUT2D eigenvalue weighted by Gasteiger charge is 2.13. The minimum absolute atomic E-state index is 0.0615. The third-order valence-corrected chi connectivity index (χ3v) is 2.97. The molecule has 2 N–H and O–H groups in total. The first-order valence-corrected chi connectivity index (χ1v) is 6.67. The van der Waals surface area contributed by atoms with Gasteiger partial charge in [0.05, 0.1) is 0 Å². The van der Waals surface area contributed by atoms with Gasteiger partial charge in [-0.2, -0.15) is 0 Å². The molecule has 0 aliphatic heterocycles. The summed E-state index contributed by atoms with van der Waals surface area (Å²) in [7, 11) is 0. The minimum Gasteiger partial charge on any atom is -0.431 e. The van der Waals surface area contributed by atoms with E-state index in [0.29, 0.717) is 23.7 Å². The molecule has 0 amide bonds. The largest absolute Gasteiger partial charge is 0.431 e. The van der Waals surface area contributed by atoms with E-state index in [2.05, 4.69) is 4.98 Å². The van der Waals surface area contributed by atoms with Crippen LogP contribution in [0.25, 0.3) is 0 Å². The molecule has 1 aromatic carbocycles. The molecule has 0 atom stereocenters. The van der Waals surface area contributed by atoms with E-state index in [9.17, 15) is 9.18 Å². The van der Waals surface area contributed by atoms with Crippen molar-refractivity contribution in [3.63, 3.8) is 0 Å². The molecule has 6 heteroatoms. The monoisotopic (exact) mass is 291 g/mol. The molecule has 0 radical (unpaired) electrons. The average Bonchev–Trinajstić information content (AvgIpc) is 2.40. The smallest absolute Gasteiger partial charge is 0.313 e. The number of rotatable bonds is 4. The lowest BCUT2D eigenvalue weighted by molar-refractivity contribution is 0.408. The number of ether oxygens (including phenoxy) is 1. The molecule has 112 valence electrons. The molecule has 2 aromatic rings. The Morgan fingerprint density at radius 2 is 2.14 bits per heavy atom. The normalized spacial score (nSPS) is 10.9. The van der Waals surface area contributed by atoms with E-state index in [0.717, 1.165) is 0 Å². The summed E-state index contributed by atoms with van der Waals surface area (Å²) in [5.74, 6) is -0.540. The Kier molecular flexibility index (Phi) is 4.26. The Morgan fingerprint density at radius 1 is 1.43 bits per heavy atom. The fourth-order valence-corrected chi connectivity index (χ4v) is 1.89. The van der Waals surface area contributed by atoms with Gasteiger partial charge in [-0.05, 0) is 24.5 Å². The second kappa shape index (κ2) is 5.95. The van der Waals surface area contributed by atoms with Gasteiger partial charge in [0.1, 0.15) is 0 Å². The Balaban J connectivity index is 2.36. The molecule has 2 rings (SSSR count). The van der Waals surface area contributed by atoms with Crippen molar-refractivity contribution in [1.82, 2.24) is 9.55 Å². The van der Waals surface area contributed by atoms with Gasteiger partial charge in [0.15, 0.2) is 11.6 Å². The topological polar surface area (TPSA) is 70.1 Å². The number of aromatic nitrogens is 2. The molecule has 5 nitrogen and oxygen atoms in total. The van der Waals surface area contributed by atoms with Gasteiger partial charge in [-0.3, -0.25) is 4.79 Å². The summed E-state index contributed by atoms with van der Waals surface area (Å²) in [6, 6.07) is 2.62. The van der Waals surface area contributed by atoms with Crippen molar-refractivity contribution in [3.05, 3.63) is 46.3 Å². The fourth-order valence-electron chi connectivity index (χ4n) is 1.89. The number of hydrogen-bond donors (Lipinski definition) is 1. The van der Waals surface area contributed by atoms with Gasteiger partial charge in [0, 0.05) is 30.7 Å². The Labute approximate surface area is 122 Å². The van der Waals surface area contributed by atoms with Crippen molar-refractivity contribution in [3.8, 4) is 11.6 Å². The first kappa shape index (κ1) is 15.0. The van der Waals surface area contributed by atoms with Crippen LogP contribution >= 0.6 is 0 Å². The zero-order valence-electron chi connectivity index (χ0n) is 12.3. The highest BCUT2D eigenvalue weighted by molar-refractivity contribution is 5.50. The van der Waals surface area contributed by atoms with Crippen molar-refractivity contribution >= 4 is 5.69 Å². The van der Waals surface area contributed by atoms with E-state index in [4.69, 9.17) is 10.5 Å². The van der Waals surface area contributed by atoms with Crippen LogP contribution in [0, 0.1) is 18.7 Å². The standard InChI is InChI=1S/C15H18FN3O2/c1-9(2)8-19-5-4-18-14(15(19)20)21-13-6-10(3)12(17)7-11(13)16/h4-7,9H,8,17H2,1-3H3. The van der Waals surface area contributed by atoms with Crippen LogP contribution in [0.1, 0.15) is 19.4 Å². The number of nitrogen functional groups attached to an aromatic ring is 1. The van der Waals surface area contributed by atoms with Gasteiger partial charge >= 0.3 is 5.56 Å². The molecule has 0 saturated heterocycles. The lowest BCUT2D eigenvalue weighted by Crippen LogP contribution is -2.23. The van der Waals surface area contributed by atoms with Crippen molar-refractivity contribution in [2.75, 3.05) is 5.73 Å². The maximum atomic E-state index is 13.8. The van der Waals surface area contributed by atoms with Gasteiger partial charge in [-0.15, -0.1) is 0 Å². The van der Waals surface area contributed by atoms with E-state index in [1.807, 2.05) is 13.8 Å². The molecule has 21 heavy (non-hydrogen) atoms. The SMILES string of the molecule is Cc1cc(Oc2nccn(CC(C)C)c2=O)c(F)cc1N. The Hall–Kier alpha value is -2.37. The first-order valence-electron chi connectivity index (χ1n) is 6.67. The van der Waals surface area contributed by atoms with E-state index >= 15 is 0 Å². The summed E-state index contributed by atoms with van der Waals surface area (Å²) in [4.78, 5) is 16.1. The van der Waals surface area contributed by atoms with E-state index in [1.54, 1.807) is 13.1 Å². The lowest BCUT2D eigenvalue weighted by atomic mass is 10.2. The number of halogens is 1. The number of benzene rings is 1. The number of nitrogens with two attached hydrogens (primary N) is 1. The summed E-state index contributed by atoms with van der Waals surface area (Å²) in [6.07, 6.45) is 3.04. The van der Waals surface area contributed by atoms with Crippen LogP contribution < -0.4 is 16.0 Å². The molecule has 0 fully saturated rings. The summed E-state index contributed by atoms with van der Waals surface area (Å²) in [5, 5.41) is 0. The predicted octanol–water partition coefficient (Wildman–Crippen LogP) is 2.72. The molecule has 0 aliphatic carbocycles. The molecule has 0 unspecified atom stereocenters. The average molecular weight is 291 g/mol. The summed E-state index contributed by atoms with van der Waals surface area (Å²) < 4.78 is 20.6. The maximum absolute atomic E-state index is 13.8. The summed E-state index contributed by atoms with van der Waals surface area (Å²) in [5.41, 5.74) is 6.23. The molecule has 1 heterocycles. The quantitative estimate of drug-likeness (QED) is 0.879. The fraction of sp³-hybridized carbons (Fsp3) is 0.333. The van der Waals surface area contributed by atoms with Crippen LogP contribution in [0.4, 0.5) is 10.1 Å². The third kappa shape index (κ3) is 3.39. The molecular weight excluding hydrogens is 273 g/mol. The highest BCUT2D eigenvalue weighted by Crippen LogP contribution is 2.26. The first-order chi connectivity index (χ1) is 9.88. The highest BCUT2D eigenvalue weighted by atomic mass is 19.1. The van der Waals surface area contributed by atoms with Crippen LogP contribution in [0.5, 0.6) is 11.6 Å². The summed E-state index contributed by atoms with van der Waals surface area (Å²) in [6.45, 7) is 6.27. The Bertz CT molecular complexity index is 711. The number of aryl methyl sites for hydroxylation is 1. The van der Waals surface area contributed by atoms with Crippen molar-refractivity contribution in [2.24, 2.45) is 5.92 Å².